The number of nitrogens with zero attached hydrogens (tertiary/aromatic N) is 5. The van der Waals surface area contributed by atoms with Crippen LogP contribution in [0, 0.1) is 6.92 Å². The molecule has 0 radical (unpaired) electrons. The third kappa shape index (κ3) is 3.10. The number of aliphatic hydroxyl groups is 1. The number of anilines is 1. The van der Waals surface area contributed by atoms with Crippen molar-refractivity contribution in [2.24, 2.45) is 0 Å². The van der Waals surface area contributed by atoms with Crippen molar-refractivity contribution in [3.05, 3.63) is 24.2 Å². The summed E-state index contributed by atoms with van der Waals surface area (Å²) in [7, 11) is 3.94. The first-order valence-corrected chi connectivity index (χ1v) is 7.34. The first kappa shape index (κ1) is 14.9. The van der Waals surface area contributed by atoms with Gasteiger partial charge in [-0.3, -0.25) is 0 Å². The van der Waals surface area contributed by atoms with Gasteiger partial charge in [0, 0.05) is 25.8 Å². The Labute approximate surface area is 129 Å². The van der Waals surface area contributed by atoms with Gasteiger partial charge < -0.3 is 19.4 Å². The van der Waals surface area contributed by atoms with Crippen LogP contribution in [0.4, 0.5) is 5.82 Å². The third-order valence-corrected chi connectivity index (χ3v) is 3.79. The van der Waals surface area contributed by atoms with E-state index in [0.29, 0.717) is 24.8 Å². The zero-order valence-electron chi connectivity index (χ0n) is 13.2. The van der Waals surface area contributed by atoms with Crippen molar-refractivity contribution in [1.29, 1.82) is 0 Å². The summed E-state index contributed by atoms with van der Waals surface area (Å²) in [5.74, 6) is 1.93. The molecule has 0 aromatic carbocycles. The molecule has 7 nitrogen and oxygen atoms in total. The minimum absolute atomic E-state index is 0.474. The number of hydrogen-bond donors (Lipinski definition) is 1. The highest BCUT2D eigenvalue weighted by Crippen LogP contribution is 2.27. The van der Waals surface area contributed by atoms with Gasteiger partial charge in [0.05, 0.1) is 11.2 Å². The molecule has 3 rings (SSSR count). The maximum atomic E-state index is 10.6. The minimum atomic E-state index is -0.673. The Morgan fingerprint density at radius 2 is 2.23 bits per heavy atom. The molecule has 1 aliphatic rings. The summed E-state index contributed by atoms with van der Waals surface area (Å²) in [6, 6.07) is 3.84. The second-order valence-electron chi connectivity index (χ2n) is 6.19. The van der Waals surface area contributed by atoms with Crippen LogP contribution in [0.25, 0.3) is 11.5 Å². The molecule has 7 heteroatoms. The van der Waals surface area contributed by atoms with Gasteiger partial charge in [-0.2, -0.15) is 4.98 Å². The van der Waals surface area contributed by atoms with Gasteiger partial charge in [0.25, 0.3) is 5.89 Å². The smallest absolute Gasteiger partial charge is 0.259 e. The van der Waals surface area contributed by atoms with Gasteiger partial charge in [-0.25, -0.2) is 4.98 Å². The summed E-state index contributed by atoms with van der Waals surface area (Å²) in [5.41, 5.74) is 0.125. The topological polar surface area (TPSA) is 78.5 Å². The van der Waals surface area contributed by atoms with E-state index in [1.807, 2.05) is 31.1 Å². The van der Waals surface area contributed by atoms with E-state index in [9.17, 15) is 5.11 Å². The molecule has 0 saturated carbocycles. The zero-order chi connectivity index (χ0) is 15.7. The summed E-state index contributed by atoms with van der Waals surface area (Å²) in [6.45, 7) is 3.83. The number of β-amino-alcohol motifs (C(OH)–C–C–N with tert-alkyl or cyclic N) is 1. The van der Waals surface area contributed by atoms with Crippen molar-refractivity contribution >= 4 is 5.82 Å². The van der Waals surface area contributed by atoms with Crippen molar-refractivity contribution in [2.45, 2.75) is 18.9 Å². The molecule has 0 amide bonds. The summed E-state index contributed by atoms with van der Waals surface area (Å²) >= 11 is 0. The predicted octanol–water partition coefficient (Wildman–Crippen LogP) is 0.943. The van der Waals surface area contributed by atoms with Gasteiger partial charge >= 0.3 is 0 Å². The summed E-state index contributed by atoms with van der Waals surface area (Å²) in [5, 5.41) is 14.4. The largest absolute Gasteiger partial charge is 0.387 e. The fraction of sp³-hybridized carbons (Fsp3) is 0.533. The molecular formula is C15H21N5O2. The molecule has 1 saturated heterocycles. The lowest BCUT2D eigenvalue weighted by atomic mass is 10.0. The van der Waals surface area contributed by atoms with E-state index in [1.54, 1.807) is 13.1 Å². The van der Waals surface area contributed by atoms with Crippen LogP contribution in [0.1, 0.15) is 12.2 Å². The molecule has 0 bridgehead atoms. The SMILES string of the molecule is Cc1noc(-c2ccc(N3CC[C@](O)(CN(C)C)C3)nc2)n1. The van der Waals surface area contributed by atoms with E-state index in [-0.39, 0.29) is 0 Å². The molecule has 0 unspecified atom stereocenters. The van der Waals surface area contributed by atoms with E-state index in [2.05, 4.69) is 20.0 Å². The highest BCUT2D eigenvalue weighted by molar-refractivity contribution is 5.55. The van der Waals surface area contributed by atoms with Gasteiger partial charge in [-0.05, 0) is 39.6 Å². The van der Waals surface area contributed by atoms with Crippen LogP contribution in [0.3, 0.4) is 0 Å². The summed E-state index contributed by atoms with van der Waals surface area (Å²) < 4.78 is 5.13. The summed E-state index contributed by atoms with van der Waals surface area (Å²) in [6.07, 6.45) is 2.48. The highest BCUT2D eigenvalue weighted by Gasteiger charge is 2.36. The van der Waals surface area contributed by atoms with Crippen molar-refractivity contribution in [3.8, 4) is 11.5 Å². The van der Waals surface area contributed by atoms with Crippen molar-refractivity contribution in [3.63, 3.8) is 0 Å². The highest BCUT2D eigenvalue weighted by atomic mass is 16.5. The number of hydrogen-bond acceptors (Lipinski definition) is 7. The fourth-order valence-corrected chi connectivity index (χ4v) is 2.88. The van der Waals surface area contributed by atoms with Gasteiger partial charge in [0.1, 0.15) is 5.82 Å². The van der Waals surface area contributed by atoms with Gasteiger partial charge in [0.2, 0.25) is 0 Å². The minimum Gasteiger partial charge on any atom is -0.387 e. The van der Waals surface area contributed by atoms with Crippen molar-refractivity contribution in [1.82, 2.24) is 20.0 Å². The van der Waals surface area contributed by atoms with Gasteiger partial charge in [-0.1, -0.05) is 5.16 Å². The Morgan fingerprint density at radius 1 is 1.41 bits per heavy atom. The first-order chi connectivity index (χ1) is 10.5. The lowest BCUT2D eigenvalue weighted by molar-refractivity contribution is 0.0365. The van der Waals surface area contributed by atoms with E-state index in [0.717, 1.165) is 24.3 Å². The molecule has 2 aromatic rings. The van der Waals surface area contributed by atoms with Gasteiger partial charge in [0.15, 0.2) is 5.82 Å². The lowest BCUT2D eigenvalue weighted by Gasteiger charge is -2.26. The average molecular weight is 303 g/mol. The summed E-state index contributed by atoms with van der Waals surface area (Å²) in [4.78, 5) is 12.8. The number of pyridine rings is 1. The quantitative estimate of drug-likeness (QED) is 0.900. The van der Waals surface area contributed by atoms with Crippen molar-refractivity contribution < 1.29 is 9.63 Å². The first-order valence-electron chi connectivity index (χ1n) is 7.34. The standard InChI is InChI=1S/C15H21N5O2/c1-11-17-14(22-18-11)12-4-5-13(16-8-12)20-7-6-15(21,10-20)9-19(2)3/h4-5,8,21H,6-7,9-10H2,1-3H3/t15-/m0/s1. The molecule has 0 aliphatic carbocycles. The number of rotatable bonds is 4. The van der Waals surface area contributed by atoms with Crippen LogP contribution < -0.4 is 4.90 Å². The Kier molecular flexibility index (Phi) is 3.84. The van der Waals surface area contributed by atoms with Crippen LogP contribution in [0.2, 0.25) is 0 Å². The van der Waals surface area contributed by atoms with Crippen LogP contribution in [-0.4, -0.2) is 64.5 Å². The van der Waals surface area contributed by atoms with Gasteiger partial charge in [-0.15, -0.1) is 0 Å². The molecule has 118 valence electrons. The average Bonchev–Trinajstić information content (AvgIpc) is 3.05. The van der Waals surface area contributed by atoms with Crippen LogP contribution >= 0.6 is 0 Å². The molecule has 1 fully saturated rings. The maximum absolute atomic E-state index is 10.6. The lowest BCUT2D eigenvalue weighted by Crippen LogP contribution is -2.42. The molecular weight excluding hydrogens is 282 g/mol. The maximum Gasteiger partial charge on any atom is 0.259 e. The molecule has 3 heterocycles. The van der Waals surface area contributed by atoms with Crippen LogP contribution in [0.15, 0.2) is 22.9 Å². The van der Waals surface area contributed by atoms with Crippen LogP contribution in [0.5, 0.6) is 0 Å². The monoisotopic (exact) mass is 303 g/mol. The molecule has 1 atom stereocenters. The Morgan fingerprint density at radius 3 is 2.82 bits per heavy atom. The van der Waals surface area contributed by atoms with E-state index in [1.165, 1.54) is 0 Å². The Bertz CT molecular complexity index is 640. The van der Waals surface area contributed by atoms with Crippen molar-refractivity contribution in [2.75, 3.05) is 38.6 Å². The Hall–Kier alpha value is -1.99. The molecule has 0 spiro atoms. The molecule has 2 aromatic heterocycles. The van der Waals surface area contributed by atoms with E-state index < -0.39 is 5.60 Å². The molecule has 1 N–H and O–H groups in total. The molecule has 1 aliphatic heterocycles. The Balaban J connectivity index is 1.71. The zero-order valence-corrected chi connectivity index (χ0v) is 13.2. The number of likely N-dealkylation sites (N-methyl/N-ethyl adjacent to an activating group) is 1. The van der Waals surface area contributed by atoms with Crippen LogP contribution in [-0.2, 0) is 0 Å². The third-order valence-electron chi connectivity index (χ3n) is 3.79. The second kappa shape index (κ2) is 5.66. The predicted molar refractivity (Wildman–Crippen MR) is 82.6 cm³/mol. The molecule has 22 heavy (non-hydrogen) atoms. The second-order valence-corrected chi connectivity index (χ2v) is 6.19. The normalized spacial score (nSPS) is 21.8. The fourth-order valence-electron chi connectivity index (χ4n) is 2.88. The number of aryl methyl sites for hydroxylation is 1. The van der Waals surface area contributed by atoms with E-state index >= 15 is 0 Å². The van der Waals surface area contributed by atoms with E-state index in [4.69, 9.17) is 4.52 Å². The number of aromatic nitrogens is 3.